The number of sulfonamides is 1. The van der Waals surface area contributed by atoms with E-state index in [0.29, 0.717) is 21.9 Å². The fourth-order valence-corrected chi connectivity index (χ4v) is 5.15. The quantitative estimate of drug-likeness (QED) is 0.313. The van der Waals surface area contributed by atoms with Gasteiger partial charge >= 0.3 is 12.1 Å². The number of halogens is 3. The van der Waals surface area contributed by atoms with Crippen molar-refractivity contribution in [2.45, 2.75) is 32.1 Å². The van der Waals surface area contributed by atoms with Crippen LogP contribution in [-0.4, -0.2) is 46.8 Å². The van der Waals surface area contributed by atoms with Crippen molar-refractivity contribution < 1.29 is 36.2 Å². The third-order valence-corrected chi connectivity index (χ3v) is 7.12. The van der Waals surface area contributed by atoms with Crippen LogP contribution in [0.1, 0.15) is 17.5 Å². The van der Waals surface area contributed by atoms with Crippen molar-refractivity contribution in [1.29, 1.82) is 0 Å². The second-order valence-electron chi connectivity index (χ2n) is 8.96. The van der Waals surface area contributed by atoms with Crippen molar-refractivity contribution in [3.63, 3.8) is 0 Å². The minimum atomic E-state index is -4.64. The molecule has 0 aliphatic carbocycles. The summed E-state index contributed by atoms with van der Waals surface area (Å²) in [6, 6.07) is 13.7. The Kier molecular flexibility index (Phi) is 7.82. The summed E-state index contributed by atoms with van der Waals surface area (Å²) in [5.74, 6) is -0.542. The van der Waals surface area contributed by atoms with E-state index in [1.54, 1.807) is 12.1 Å². The van der Waals surface area contributed by atoms with Crippen LogP contribution < -0.4 is 14.6 Å². The van der Waals surface area contributed by atoms with Crippen LogP contribution in [-0.2, 0) is 27.5 Å². The Bertz CT molecular complexity index is 1710. The number of carboxylic acid groups (broad SMARTS) is 1. The highest BCUT2D eigenvalue weighted by Gasteiger charge is 2.33. The number of fused-ring (bicyclic) bond motifs is 1. The predicted octanol–water partition coefficient (Wildman–Crippen LogP) is 4.22. The highest BCUT2D eigenvalue weighted by Crippen LogP contribution is 2.31. The lowest BCUT2D eigenvalue weighted by Gasteiger charge is -2.29. The first kappa shape index (κ1) is 28.5. The van der Waals surface area contributed by atoms with Gasteiger partial charge in [-0.15, -0.1) is 5.10 Å². The van der Waals surface area contributed by atoms with Gasteiger partial charge in [-0.2, -0.15) is 13.2 Å². The minimum absolute atomic E-state index is 0.0442. The monoisotopic (exact) mass is 576 g/mol. The molecule has 1 heterocycles. The van der Waals surface area contributed by atoms with Crippen molar-refractivity contribution in [2.24, 2.45) is 0 Å². The van der Waals surface area contributed by atoms with Crippen LogP contribution in [0.15, 0.2) is 71.5 Å². The molecule has 0 spiro atoms. The largest absolute Gasteiger partial charge is 0.480 e. The maximum absolute atomic E-state index is 13.0. The lowest BCUT2D eigenvalue weighted by atomic mass is 10.1. The van der Waals surface area contributed by atoms with Crippen LogP contribution >= 0.6 is 0 Å². The molecule has 0 aliphatic rings. The van der Waals surface area contributed by atoms with Crippen molar-refractivity contribution in [2.75, 3.05) is 10.6 Å². The summed E-state index contributed by atoms with van der Waals surface area (Å²) in [5, 5.41) is 17.0. The van der Waals surface area contributed by atoms with Gasteiger partial charge < -0.3 is 9.84 Å². The van der Waals surface area contributed by atoms with Gasteiger partial charge in [0.1, 0.15) is 23.1 Å². The molecular weight excluding hydrogens is 553 g/mol. The Morgan fingerprint density at radius 1 is 1.05 bits per heavy atom. The van der Waals surface area contributed by atoms with E-state index in [1.165, 1.54) is 24.3 Å². The number of aliphatic carboxylic acids is 1. The zero-order valence-electron chi connectivity index (χ0n) is 21.2. The van der Waals surface area contributed by atoms with Crippen LogP contribution in [0.4, 0.5) is 18.9 Å². The Labute approximate surface area is 226 Å². The van der Waals surface area contributed by atoms with Crippen molar-refractivity contribution in [1.82, 2.24) is 15.0 Å². The summed E-state index contributed by atoms with van der Waals surface area (Å²) in [7, 11) is -4.12. The SMILES string of the molecule is Cc1ccc(Oc2ccc(N(C(CCn3nnc4cc(C(F)(F)F)ccc4c3=O)C(=O)O)S(C)(=O)=O)cc2)cc1. The number of hydrogen-bond donors (Lipinski definition) is 1. The molecule has 0 bridgehead atoms. The molecule has 0 amide bonds. The van der Waals surface area contributed by atoms with E-state index in [-0.39, 0.29) is 23.1 Å². The van der Waals surface area contributed by atoms with Crippen LogP contribution in [0.3, 0.4) is 0 Å². The standard InChI is InChI=1S/C26H23F3N4O6S/c1-16-3-8-19(9-4-16)39-20-10-6-18(7-11-20)33(40(2,37)38)23(25(35)36)13-14-32-24(34)21-12-5-17(26(27,28)29)15-22(21)30-31-32/h3-12,15,23H,13-14H2,1-2H3,(H,35,36). The third-order valence-electron chi connectivity index (χ3n) is 5.94. The van der Waals surface area contributed by atoms with E-state index in [1.807, 2.05) is 19.1 Å². The van der Waals surface area contributed by atoms with E-state index in [2.05, 4.69) is 10.3 Å². The van der Waals surface area contributed by atoms with Crippen molar-refractivity contribution in [3.8, 4) is 11.5 Å². The molecule has 3 aromatic carbocycles. The Morgan fingerprint density at radius 3 is 2.20 bits per heavy atom. The molecule has 40 heavy (non-hydrogen) atoms. The number of rotatable bonds is 9. The van der Waals surface area contributed by atoms with Gasteiger partial charge in [0.2, 0.25) is 10.0 Å². The summed E-state index contributed by atoms with van der Waals surface area (Å²) in [6.07, 6.45) is -4.19. The molecule has 0 saturated carbocycles. The second kappa shape index (κ2) is 11.0. The lowest BCUT2D eigenvalue weighted by Crippen LogP contribution is -2.46. The lowest BCUT2D eigenvalue weighted by molar-refractivity contribution is -0.139. The van der Waals surface area contributed by atoms with Crippen LogP contribution in [0, 0.1) is 6.92 Å². The molecule has 1 N–H and O–H groups in total. The van der Waals surface area contributed by atoms with Crippen LogP contribution in [0.5, 0.6) is 11.5 Å². The second-order valence-corrected chi connectivity index (χ2v) is 10.8. The van der Waals surface area contributed by atoms with Gasteiger partial charge in [-0.3, -0.25) is 9.10 Å². The van der Waals surface area contributed by atoms with Gasteiger partial charge in [-0.25, -0.2) is 17.9 Å². The first-order valence-corrected chi connectivity index (χ1v) is 13.6. The first-order chi connectivity index (χ1) is 18.7. The molecule has 4 aromatic rings. The molecule has 0 saturated heterocycles. The van der Waals surface area contributed by atoms with Crippen LogP contribution in [0.25, 0.3) is 10.9 Å². The Balaban J connectivity index is 1.59. The van der Waals surface area contributed by atoms with Gasteiger partial charge in [0.15, 0.2) is 0 Å². The van der Waals surface area contributed by atoms with E-state index >= 15 is 0 Å². The molecule has 0 aliphatic heterocycles. The molecule has 1 aromatic heterocycles. The summed E-state index contributed by atoms with van der Waals surface area (Å²) < 4.78 is 71.6. The average molecular weight is 577 g/mol. The van der Waals surface area contributed by atoms with Gasteiger partial charge in [0, 0.05) is 6.54 Å². The maximum atomic E-state index is 13.0. The topological polar surface area (TPSA) is 132 Å². The van der Waals surface area contributed by atoms with Crippen molar-refractivity contribution >= 4 is 32.6 Å². The van der Waals surface area contributed by atoms with Crippen LogP contribution in [0.2, 0.25) is 0 Å². The number of alkyl halides is 3. The maximum Gasteiger partial charge on any atom is 0.416 e. The fourth-order valence-electron chi connectivity index (χ4n) is 3.99. The first-order valence-electron chi connectivity index (χ1n) is 11.8. The summed E-state index contributed by atoms with van der Waals surface area (Å²) in [5.41, 5.74) is -0.999. The average Bonchev–Trinajstić information content (AvgIpc) is 2.88. The number of carbonyl (C=O) groups is 1. The molecule has 10 nitrogen and oxygen atoms in total. The van der Waals surface area contributed by atoms with E-state index in [9.17, 15) is 36.3 Å². The Morgan fingerprint density at radius 2 is 1.65 bits per heavy atom. The number of anilines is 1. The summed E-state index contributed by atoms with van der Waals surface area (Å²) in [4.78, 5) is 25.0. The predicted molar refractivity (Wildman–Crippen MR) is 140 cm³/mol. The fraction of sp³-hybridized carbons (Fsp3) is 0.231. The highest BCUT2D eigenvalue weighted by atomic mass is 32.2. The number of carboxylic acids is 1. The van der Waals surface area contributed by atoms with E-state index in [0.717, 1.165) is 28.6 Å². The normalized spacial score (nSPS) is 12.7. The van der Waals surface area contributed by atoms with Gasteiger partial charge in [-0.05, 0) is 67.9 Å². The number of aryl methyl sites for hydroxylation is 2. The molecule has 1 atom stereocenters. The number of nitrogens with zero attached hydrogens (tertiary/aromatic N) is 4. The molecule has 0 radical (unpaired) electrons. The summed E-state index contributed by atoms with van der Waals surface area (Å²) >= 11 is 0. The summed E-state index contributed by atoms with van der Waals surface area (Å²) in [6.45, 7) is 1.55. The molecule has 0 fully saturated rings. The van der Waals surface area contributed by atoms with Gasteiger partial charge in [-0.1, -0.05) is 22.9 Å². The highest BCUT2D eigenvalue weighted by molar-refractivity contribution is 7.92. The van der Waals surface area contributed by atoms with E-state index in [4.69, 9.17) is 4.74 Å². The third kappa shape index (κ3) is 6.39. The minimum Gasteiger partial charge on any atom is -0.480 e. The number of hydrogen-bond acceptors (Lipinski definition) is 7. The van der Waals surface area contributed by atoms with Gasteiger partial charge in [0.05, 0.1) is 22.9 Å². The number of benzene rings is 3. The molecule has 14 heteroatoms. The smallest absolute Gasteiger partial charge is 0.416 e. The van der Waals surface area contributed by atoms with E-state index < -0.39 is 45.8 Å². The van der Waals surface area contributed by atoms with Gasteiger partial charge in [0.25, 0.3) is 5.56 Å². The zero-order chi connectivity index (χ0) is 29.2. The number of ether oxygens (including phenoxy) is 1. The van der Waals surface area contributed by atoms with Crippen molar-refractivity contribution in [3.05, 3.63) is 88.2 Å². The number of aromatic nitrogens is 3. The molecule has 4 rings (SSSR count). The Hall–Kier alpha value is -4.46. The molecule has 1 unspecified atom stereocenters. The molecule has 210 valence electrons. The zero-order valence-corrected chi connectivity index (χ0v) is 22.0. The molecular formula is C26H23F3N4O6S.